The minimum atomic E-state index is -0.969. The van der Waals surface area contributed by atoms with Gasteiger partial charge in [0.25, 0.3) is 0 Å². The number of carboxylic acid groups (broad SMARTS) is 1. The molecule has 12 heavy (non-hydrogen) atoms. The number of aliphatic hydroxyl groups excluding tert-OH is 1. The summed E-state index contributed by atoms with van der Waals surface area (Å²) >= 11 is 0. The van der Waals surface area contributed by atoms with Crippen LogP contribution in [-0.2, 0) is 4.79 Å². The van der Waals surface area contributed by atoms with Crippen molar-refractivity contribution in [2.45, 2.75) is 46.1 Å². The van der Waals surface area contributed by atoms with E-state index in [1.807, 2.05) is 6.92 Å². The number of hydrogen-bond donors (Lipinski definition) is 2. The van der Waals surface area contributed by atoms with Gasteiger partial charge in [0, 0.05) is 0 Å². The predicted octanol–water partition coefficient (Wildman–Crippen LogP) is 1.65. The van der Waals surface area contributed by atoms with Crippen LogP contribution in [0.3, 0.4) is 0 Å². The van der Waals surface area contributed by atoms with Crippen molar-refractivity contribution < 1.29 is 15.0 Å². The van der Waals surface area contributed by atoms with Crippen molar-refractivity contribution >= 4 is 5.97 Å². The largest absolute Gasteiger partial charge is 0.481 e. The number of rotatable bonds is 5. The maximum atomic E-state index is 10.9. The van der Waals surface area contributed by atoms with Crippen LogP contribution >= 0.6 is 0 Å². The Kier molecular flexibility index (Phi) is 4.24. The molecular weight excluding hydrogens is 156 g/mol. The summed E-state index contributed by atoms with van der Waals surface area (Å²) < 4.78 is 0. The minimum absolute atomic E-state index is 0.489. The second-order valence-electron chi connectivity index (χ2n) is 3.40. The van der Waals surface area contributed by atoms with E-state index >= 15 is 0 Å². The average Bonchev–Trinajstić information content (AvgIpc) is 2.03. The smallest absolute Gasteiger partial charge is 0.311 e. The van der Waals surface area contributed by atoms with Crippen LogP contribution in [0, 0.1) is 5.41 Å². The van der Waals surface area contributed by atoms with Gasteiger partial charge in [-0.15, -0.1) is 0 Å². The quantitative estimate of drug-likeness (QED) is 0.666. The predicted molar refractivity (Wildman–Crippen MR) is 46.9 cm³/mol. The first-order valence-corrected chi connectivity index (χ1v) is 4.40. The van der Waals surface area contributed by atoms with Gasteiger partial charge in [0.1, 0.15) is 0 Å². The molecule has 0 saturated heterocycles. The molecule has 0 radical (unpaired) electrons. The summed E-state index contributed by atoms with van der Waals surface area (Å²) in [4.78, 5) is 10.9. The van der Waals surface area contributed by atoms with Gasteiger partial charge >= 0.3 is 5.97 Å². The molecule has 0 saturated carbocycles. The molecule has 0 aliphatic heterocycles. The highest BCUT2D eigenvalue weighted by atomic mass is 16.4. The van der Waals surface area contributed by atoms with E-state index in [1.54, 1.807) is 13.8 Å². The number of aliphatic carboxylic acids is 1. The van der Waals surface area contributed by atoms with Crippen LogP contribution < -0.4 is 0 Å². The second-order valence-corrected chi connectivity index (χ2v) is 3.40. The highest BCUT2D eigenvalue weighted by Crippen LogP contribution is 2.29. The van der Waals surface area contributed by atoms with Crippen LogP contribution in [-0.4, -0.2) is 22.3 Å². The normalized spacial score (nSPS) is 18.3. The molecule has 0 bridgehead atoms. The lowest BCUT2D eigenvalue weighted by molar-refractivity contribution is -0.155. The molecule has 3 nitrogen and oxygen atoms in total. The Hall–Kier alpha value is -0.570. The number of aliphatic hydroxyl groups is 1. The summed E-state index contributed by atoms with van der Waals surface area (Å²) in [5.41, 5.74) is -0.969. The van der Waals surface area contributed by atoms with Crippen molar-refractivity contribution in [3.8, 4) is 0 Å². The third-order valence-electron chi connectivity index (χ3n) is 2.38. The summed E-state index contributed by atoms with van der Waals surface area (Å²) in [7, 11) is 0. The standard InChI is InChI=1S/C9H18O3/c1-4-6-9(3,8(11)12)7(10)5-2/h7,10H,4-6H2,1-3H3,(H,11,12). The molecule has 2 unspecified atom stereocenters. The molecule has 0 heterocycles. The lowest BCUT2D eigenvalue weighted by Gasteiger charge is -2.29. The molecule has 0 aromatic carbocycles. The molecule has 2 N–H and O–H groups in total. The summed E-state index contributed by atoms with van der Waals surface area (Å²) in [5.74, 6) is -0.904. The summed E-state index contributed by atoms with van der Waals surface area (Å²) in [6.07, 6.45) is 1.05. The zero-order valence-corrected chi connectivity index (χ0v) is 8.00. The fourth-order valence-electron chi connectivity index (χ4n) is 1.39. The molecular formula is C9H18O3. The molecule has 3 heteroatoms. The maximum Gasteiger partial charge on any atom is 0.311 e. The minimum Gasteiger partial charge on any atom is -0.481 e. The molecule has 72 valence electrons. The van der Waals surface area contributed by atoms with E-state index in [2.05, 4.69) is 0 Å². The maximum absolute atomic E-state index is 10.9. The summed E-state index contributed by atoms with van der Waals surface area (Å²) in [5, 5.41) is 18.4. The van der Waals surface area contributed by atoms with Crippen LogP contribution in [0.25, 0.3) is 0 Å². The molecule has 0 rings (SSSR count). The molecule has 0 spiro atoms. The van der Waals surface area contributed by atoms with Crippen molar-refractivity contribution in [1.29, 1.82) is 0 Å². The van der Waals surface area contributed by atoms with E-state index in [9.17, 15) is 9.90 Å². The number of hydrogen-bond acceptors (Lipinski definition) is 2. The van der Waals surface area contributed by atoms with E-state index in [0.29, 0.717) is 12.8 Å². The van der Waals surface area contributed by atoms with Gasteiger partial charge in [-0.25, -0.2) is 0 Å². The Morgan fingerprint density at radius 3 is 2.25 bits per heavy atom. The lowest BCUT2D eigenvalue weighted by Crippen LogP contribution is -2.39. The van der Waals surface area contributed by atoms with Gasteiger partial charge in [-0.3, -0.25) is 4.79 Å². The van der Waals surface area contributed by atoms with Crippen molar-refractivity contribution in [2.24, 2.45) is 5.41 Å². The second kappa shape index (κ2) is 4.45. The average molecular weight is 174 g/mol. The highest BCUT2D eigenvalue weighted by Gasteiger charge is 2.38. The lowest BCUT2D eigenvalue weighted by atomic mass is 9.79. The molecule has 0 aromatic heterocycles. The van der Waals surface area contributed by atoms with Crippen LogP contribution in [0.15, 0.2) is 0 Å². The molecule has 0 fully saturated rings. The van der Waals surface area contributed by atoms with Gasteiger partial charge < -0.3 is 10.2 Å². The van der Waals surface area contributed by atoms with Crippen LogP contribution in [0.4, 0.5) is 0 Å². The van der Waals surface area contributed by atoms with Gasteiger partial charge in [-0.1, -0.05) is 20.3 Å². The summed E-state index contributed by atoms with van der Waals surface area (Å²) in [6.45, 7) is 5.32. The van der Waals surface area contributed by atoms with Gasteiger partial charge in [-0.05, 0) is 19.8 Å². The van der Waals surface area contributed by atoms with Crippen molar-refractivity contribution in [3.63, 3.8) is 0 Å². The number of carbonyl (C=O) groups is 1. The zero-order valence-electron chi connectivity index (χ0n) is 8.00. The van der Waals surface area contributed by atoms with Gasteiger partial charge in [0.15, 0.2) is 0 Å². The topological polar surface area (TPSA) is 57.5 Å². The first-order chi connectivity index (χ1) is 5.49. The summed E-state index contributed by atoms with van der Waals surface area (Å²) in [6, 6.07) is 0. The van der Waals surface area contributed by atoms with Gasteiger partial charge in [0.2, 0.25) is 0 Å². The van der Waals surface area contributed by atoms with Crippen molar-refractivity contribution in [2.75, 3.05) is 0 Å². The van der Waals surface area contributed by atoms with E-state index < -0.39 is 17.5 Å². The van der Waals surface area contributed by atoms with Crippen LogP contribution in [0.2, 0.25) is 0 Å². The van der Waals surface area contributed by atoms with Crippen LogP contribution in [0.5, 0.6) is 0 Å². The molecule has 0 aliphatic carbocycles. The first-order valence-electron chi connectivity index (χ1n) is 4.40. The van der Waals surface area contributed by atoms with E-state index in [-0.39, 0.29) is 0 Å². The third-order valence-corrected chi connectivity index (χ3v) is 2.38. The van der Waals surface area contributed by atoms with Crippen molar-refractivity contribution in [3.05, 3.63) is 0 Å². The van der Waals surface area contributed by atoms with Crippen LogP contribution in [0.1, 0.15) is 40.0 Å². The Labute approximate surface area is 73.4 Å². The SMILES string of the molecule is CCCC(C)(C(=O)O)C(O)CC. The third kappa shape index (κ3) is 2.21. The molecule has 0 aromatic rings. The van der Waals surface area contributed by atoms with Crippen molar-refractivity contribution in [1.82, 2.24) is 0 Å². The Morgan fingerprint density at radius 2 is 2.00 bits per heavy atom. The Balaban J connectivity index is 4.48. The van der Waals surface area contributed by atoms with Gasteiger partial charge in [-0.2, -0.15) is 0 Å². The monoisotopic (exact) mass is 174 g/mol. The fraction of sp³-hybridized carbons (Fsp3) is 0.889. The first kappa shape index (κ1) is 11.4. The molecule has 0 aliphatic rings. The van der Waals surface area contributed by atoms with E-state index in [4.69, 9.17) is 5.11 Å². The van der Waals surface area contributed by atoms with E-state index in [1.165, 1.54) is 0 Å². The highest BCUT2D eigenvalue weighted by molar-refractivity contribution is 5.74. The van der Waals surface area contributed by atoms with E-state index in [0.717, 1.165) is 6.42 Å². The molecule has 0 amide bonds. The molecule has 2 atom stereocenters. The van der Waals surface area contributed by atoms with Gasteiger partial charge in [0.05, 0.1) is 11.5 Å². The Bertz CT molecular complexity index is 156. The zero-order chi connectivity index (χ0) is 9.78. The number of carboxylic acids is 1. The fourth-order valence-corrected chi connectivity index (χ4v) is 1.39. The Morgan fingerprint density at radius 1 is 1.50 bits per heavy atom.